The number of nitrogens with one attached hydrogen (secondary N) is 3. The molecule has 7 N–H and O–H groups in total. The van der Waals surface area contributed by atoms with Gasteiger partial charge in [0.2, 0.25) is 35.4 Å². The SMILES string of the molecule is NC(=O)CC[C@H](NC(=O)[C@@H]1CC[C@@H]2CCN(C(=O)CCCCCC#Cc3cccc4c3CN(C3CCC(=O)NC3=O)C4=O)C[C@H](NC(=O)c3cc4cc(C(F)(F)P(=O)(O)O)ccc4s3)C(=O)N21)c1nc2c(s1)Cc1ccccc1-2. The quantitative estimate of drug-likeness (QED) is 0.0293. The molecule has 0 bridgehead atoms. The molecule has 4 aliphatic heterocycles. The van der Waals surface area contributed by atoms with Gasteiger partial charge in [-0.05, 0) is 91.8 Å². The van der Waals surface area contributed by atoms with Crippen LogP contribution in [0.1, 0.15) is 135 Å². The molecule has 0 spiro atoms. The lowest BCUT2D eigenvalue weighted by molar-refractivity contribution is -0.145. The molecular formula is C55H55F2N8O11PS2. The van der Waals surface area contributed by atoms with Crippen LogP contribution in [0.25, 0.3) is 21.3 Å². The molecule has 3 aromatic carbocycles. The topological polar surface area (TPSA) is 279 Å². The number of amides is 8. The van der Waals surface area contributed by atoms with E-state index in [0.717, 1.165) is 45.2 Å². The van der Waals surface area contributed by atoms with E-state index in [1.807, 2.05) is 30.3 Å². The van der Waals surface area contributed by atoms with Gasteiger partial charge in [0.15, 0.2) is 0 Å². The van der Waals surface area contributed by atoms with E-state index in [2.05, 4.69) is 27.8 Å². The molecule has 412 valence electrons. The number of carbonyl (C=O) groups excluding carboxylic acids is 8. The normalized spacial score (nSPS) is 20.3. The maximum absolute atomic E-state index is 15.0. The number of thiazole rings is 1. The molecule has 0 saturated carbocycles. The number of benzene rings is 3. The molecule has 5 atom stereocenters. The minimum absolute atomic E-state index is 0.00987. The molecule has 0 radical (unpaired) electrons. The fourth-order valence-electron chi connectivity index (χ4n) is 11.1. The highest BCUT2D eigenvalue weighted by molar-refractivity contribution is 7.52. The number of thiophene rings is 1. The van der Waals surface area contributed by atoms with E-state index in [1.54, 1.807) is 12.1 Å². The van der Waals surface area contributed by atoms with E-state index in [0.29, 0.717) is 71.3 Å². The fraction of sp³-hybridized carbons (Fsp3) is 0.400. The summed E-state index contributed by atoms with van der Waals surface area (Å²) in [6, 6.07) is 13.0. The van der Waals surface area contributed by atoms with Gasteiger partial charge in [0.1, 0.15) is 23.1 Å². The van der Waals surface area contributed by atoms with Crippen molar-refractivity contribution in [3.8, 4) is 23.1 Å². The summed E-state index contributed by atoms with van der Waals surface area (Å²) in [4.78, 5) is 136. The van der Waals surface area contributed by atoms with Gasteiger partial charge in [0.05, 0.1) is 16.6 Å². The first-order valence-corrected chi connectivity index (χ1v) is 29.3. The van der Waals surface area contributed by atoms with Gasteiger partial charge in [-0.15, -0.1) is 22.7 Å². The third kappa shape index (κ3) is 11.3. The number of hydrogen-bond donors (Lipinski definition) is 6. The number of aromatic nitrogens is 1. The zero-order valence-corrected chi connectivity index (χ0v) is 45.0. The highest BCUT2D eigenvalue weighted by atomic mass is 32.1. The Kier molecular flexibility index (Phi) is 15.7. The molecular weight excluding hydrogens is 1080 g/mol. The summed E-state index contributed by atoms with van der Waals surface area (Å²) >= 11 is 2.34. The van der Waals surface area contributed by atoms with Gasteiger partial charge < -0.3 is 40.9 Å². The molecule has 5 aromatic rings. The highest BCUT2D eigenvalue weighted by Crippen LogP contribution is 2.59. The molecule has 10 rings (SSSR count). The number of imide groups is 1. The summed E-state index contributed by atoms with van der Waals surface area (Å²) < 4.78 is 41.4. The summed E-state index contributed by atoms with van der Waals surface area (Å²) in [6.07, 6.45) is 4.51. The first-order chi connectivity index (χ1) is 37.7. The number of alkyl halides is 2. The van der Waals surface area contributed by atoms with E-state index in [1.165, 1.54) is 38.2 Å². The van der Waals surface area contributed by atoms with Gasteiger partial charge in [-0.25, -0.2) is 4.98 Å². The second-order valence-corrected chi connectivity index (χ2v) is 24.3. The van der Waals surface area contributed by atoms with E-state index in [-0.39, 0.29) is 86.1 Å². The highest BCUT2D eigenvalue weighted by Gasteiger charge is 2.51. The summed E-state index contributed by atoms with van der Waals surface area (Å²) in [7, 11) is -5.90. The lowest BCUT2D eigenvalue weighted by Crippen LogP contribution is -2.61. The molecule has 3 fully saturated rings. The molecule has 19 nitrogen and oxygen atoms in total. The fourth-order valence-corrected chi connectivity index (χ4v) is 13.7. The summed E-state index contributed by atoms with van der Waals surface area (Å²) in [6.45, 7) is 0.130. The van der Waals surface area contributed by atoms with E-state index >= 15 is 0 Å². The van der Waals surface area contributed by atoms with Crippen LogP contribution in [0.3, 0.4) is 0 Å². The van der Waals surface area contributed by atoms with Crippen molar-refractivity contribution in [3.63, 3.8) is 0 Å². The van der Waals surface area contributed by atoms with Crippen molar-refractivity contribution in [1.82, 2.24) is 35.6 Å². The second-order valence-electron chi connectivity index (χ2n) is 20.4. The lowest BCUT2D eigenvalue weighted by atomic mass is 10.0. The molecule has 1 aliphatic carbocycles. The Labute approximate surface area is 459 Å². The van der Waals surface area contributed by atoms with Gasteiger partial charge in [0.25, 0.3) is 11.8 Å². The Balaban J connectivity index is 0.822. The van der Waals surface area contributed by atoms with Crippen molar-refractivity contribution in [2.24, 2.45) is 5.73 Å². The molecule has 5 aliphatic rings. The summed E-state index contributed by atoms with van der Waals surface area (Å²) in [5.74, 6) is 2.45. The maximum Gasteiger partial charge on any atom is 0.399 e. The number of piperidine rings is 1. The van der Waals surface area contributed by atoms with Crippen LogP contribution in [-0.4, -0.2) is 114 Å². The van der Waals surface area contributed by atoms with Crippen molar-refractivity contribution in [2.75, 3.05) is 13.1 Å². The van der Waals surface area contributed by atoms with Crippen LogP contribution in [0.15, 0.2) is 66.7 Å². The number of fused-ring (bicyclic) bond motifs is 6. The Morgan fingerprint density at radius 2 is 1.73 bits per heavy atom. The monoisotopic (exact) mass is 1140 g/mol. The summed E-state index contributed by atoms with van der Waals surface area (Å²) in [5.41, 5.74) is 4.91. The molecule has 24 heteroatoms. The number of carbonyl (C=O) groups is 8. The zero-order valence-electron chi connectivity index (χ0n) is 42.5. The van der Waals surface area contributed by atoms with Crippen LogP contribution in [0.5, 0.6) is 0 Å². The first kappa shape index (κ1) is 55.1. The van der Waals surface area contributed by atoms with Crippen LogP contribution in [0.4, 0.5) is 8.78 Å². The number of nitrogens with zero attached hydrogens (tertiary/aromatic N) is 4. The van der Waals surface area contributed by atoms with Gasteiger partial charge >= 0.3 is 13.3 Å². The molecule has 3 saturated heterocycles. The van der Waals surface area contributed by atoms with Gasteiger partial charge in [-0.1, -0.05) is 54.7 Å². The average Bonchev–Trinajstić information content (AvgIpc) is 4.43. The molecule has 1 unspecified atom stereocenters. The van der Waals surface area contributed by atoms with Crippen LogP contribution in [-0.2, 0) is 52.0 Å². The van der Waals surface area contributed by atoms with E-state index in [4.69, 9.17) is 10.7 Å². The van der Waals surface area contributed by atoms with Crippen molar-refractivity contribution >= 4 is 87.6 Å². The lowest BCUT2D eigenvalue weighted by Gasteiger charge is -2.39. The van der Waals surface area contributed by atoms with Crippen LogP contribution >= 0.6 is 30.3 Å². The third-order valence-electron chi connectivity index (χ3n) is 15.2. The Morgan fingerprint density at radius 1 is 0.937 bits per heavy atom. The number of primary amides is 1. The molecule has 2 aromatic heterocycles. The zero-order chi connectivity index (χ0) is 55.9. The van der Waals surface area contributed by atoms with Gasteiger partial charge in [-0.2, -0.15) is 8.78 Å². The number of halogens is 2. The Bertz CT molecular complexity index is 3460. The largest absolute Gasteiger partial charge is 0.399 e. The predicted octanol–water partition coefficient (Wildman–Crippen LogP) is 5.73. The smallest absolute Gasteiger partial charge is 0.370 e. The van der Waals surface area contributed by atoms with Crippen molar-refractivity contribution in [2.45, 2.75) is 126 Å². The van der Waals surface area contributed by atoms with Crippen molar-refractivity contribution < 1.29 is 61.5 Å². The Hall–Kier alpha value is -7.22. The average molecular weight is 1140 g/mol. The number of hydrogen-bond acceptors (Lipinski definition) is 12. The minimum Gasteiger partial charge on any atom is -0.370 e. The molecule has 6 heterocycles. The van der Waals surface area contributed by atoms with E-state index < -0.39 is 78.6 Å². The van der Waals surface area contributed by atoms with Crippen LogP contribution in [0, 0.1) is 11.8 Å². The Morgan fingerprint density at radius 3 is 2.52 bits per heavy atom. The van der Waals surface area contributed by atoms with E-state index in [9.17, 15) is 61.5 Å². The van der Waals surface area contributed by atoms with Crippen LogP contribution < -0.4 is 21.7 Å². The maximum atomic E-state index is 15.0. The van der Waals surface area contributed by atoms with Crippen molar-refractivity contribution in [3.05, 3.63) is 109 Å². The summed E-state index contributed by atoms with van der Waals surface area (Å²) in [5, 5.41) is 8.84. The first-order valence-electron chi connectivity index (χ1n) is 26.1. The van der Waals surface area contributed by atoms with Crippen LogP contribution in [0.2, 0.25) is 0 Å². The minimum atomic E-state index is -5.90. The van der Waals surface area contributed by atoms with Gasteiger partial charge in [-0.3, -0.25) is 48.2 Å². The van der Waals surface area contributed by atoms with Gasteiger partial charge in [0, 0.05) is 89.6 Å². The number of nitrogens with two attached hydrogens (primary N) is 1. The molecule has 8 amide bonds. The number of unbranched alkanes of at least 4 members (excludes halogenated alkanes) is 3. The third-order valence-corrected chi connectivity index (χ3v) is 18.5. The standard InChI is InChI=1S/C55H55F2N8O11PS2/c56-55(57,77(74,75)76)33-15-20-42-32(25-33)27-44(78-42)51(71)60-39-29-63(47(68)14-5-3-1-2-4-9-30-11-8-13-36-37(30)28-64(53(36)72)40-19-22-46(67)61-49(40)69)24-23-34-16-18-41(65(34)54(39)73)50(70)59-38(17-21-45(58)66)52-62-48-35-12-7-6-10-31(35)26-43(48)79-52/h6-8,10-13,15,20,25,27,34,38-41H,1-3,5,14,16-19,21-24,26,28-29H2,(H2,58,66)(H,59,70)(H,60,71)(H,61,67,69)(H2,74,75,76)/t34-,38+,39+,40?,41+/m1/s1. The number of rotatable bonds is 16. The molecule has 79 heavy (non-hydrogen) atoms. The predicted molar refractivity (Wildman–Crippen MR) is 286 cm³/mol. The van der Waals surface area contributed by atoms with Crippen molar-refractivity contribution in [1.29, 1.82) is 0 Å². The second kappa shape index (κ2) is 22.5.